The first kappa shape index (κ1) is 20.7. The molecule has 7 nitrogen and oxygen atoms in total. The molecular formula is C21H20ClNO6. The molecule has 0 fully saturated rings. The molecule has 1 N–H and O–H groups in total. The molecule has 1 aliphatic heterocycles. The minimum atomic E-state index is -0.626. The van der Waals surface area contributed by atoms with Crippen molar-refractivity contribution in [1.82, 2.24) is 0 Å². The average molecular weight is 418 g/mol. The molecule has 1 heterocycles. The quantitative estimate of drug-likeness (QED) is 0.547. The Balaban J connectivity index is 1.43. The first-order valence-electron chi connectivity index (χ1n) is 9.07. The second-order valence-electron chi connectivity index (χ2n) is 6.45. The van der Waals surface area contributed by atoms with Crippen molar-refractivity contribution in [2.45, 2.75) is 19.8 Å². The largest absolute Gasteiger partial charge is 0.486 e. The smallest absolute Gasteiger partial charge is 0.306 e. The zero-order valence-electron chi connectivity index (χ0n) is 15.8. The van der Waals surface area contributed by atoms with E-state index in [-0.39, 0.29) is 18.6 Å². The molecule has 1 amide bonds. The second-order valence-corrected chi connectivity index (χ2v) is 6.89. The van der Waals surface area contributed by atoms with Crippen molar-refractivity contribution in [3.05, 3.63) is 52.5 Å². The van der Waals surface area contributed by atoms with Crippen LogP contribution in [-0.4, -0.2) is 37.5 Å². The number of nitrogens with one attached hydrogen (secondary N) is 1. The number of ether oxygens (including phenoxy) is 3. The van der Waals surface area contributed by atoms with Crippen LogP contribution in [0.15, 0.2) is 36.4 Å². The molecule has 0 bridgehead atoms. The Morgan fingerprint density at radius 2 is 1.79 bits per heavy atom. The highest BCUT2D eigenvalue weighted by atomic mass is 35.5. The van der Waals surface area contributed by atoms with Crippen molar-refractivity contribution in [1.29, 1.82) is 0 Å². The van der Waals surface area contributed by atoms with Crippen LogP contribution in [0.5, 0.6) is 11.5 Å². The molecule has 152 valence electrons. The highest BCUT2D eigenvalue weighted by Gasteiger charge is 2.16. The monoisotopic (exact) mass is 417 g/mol. The lowest BCUT2D eigenvalue weighted by Gasteiger charge is -2.18. The van der Waals surface area contributed by atoms with Crippen molar-refractivity contribution >= 4 is 34.9 Å². The number of benzene rings is 2. The van der Waals surface area contributed by atoms with Crippen LogP contribution in [0.4, 0.5) is 5.69 Å². The molecule has 0 unspecified atom stereocenters. The predicted octanol–water partition coefficient (Wildman–Crippen LogP) is 3.56. The summed E-state index contributed by atoms with van der Waals surface area (Å²) in [6, 6.07) is 9.94. The van der Waals surface area contributed by atoms with E-state index < -0.39 is 18.5 Å². The molecule has 0 aliphatic carbocycles. The van der Waals surface area contributed by atoms with E-state index in [1.54, 1.807) is 43.3 Å². The van der Waals surface area contributed by atoms with Gasteiger partial charge in [0.1, 0.15) is 13.2 Å². The van der Waals surface area contributed by atoms with Crippen LogP contribution >= 0.6 is 11.6 Å². The first-order valence-corrected chi connectivity index (χ1v) is 9.44. The number of anilines is 1. The van der Waals surface area contributed by atoms with Crippen LogP contribution in [0.1, 0.15) is 28.8 Å². The van der Waals surface area contributed by atoms with Gasteiger partial charge >= 0.3 is 5.97 Å². The van der Waals surface area contributed by atoms with Crippen LogP contribution in [0.3, 0.4) is 0 Å². The lowest BCUT2D eigenvalue weighted by Crippen LogP contribution is -2.21. The van der Waals surface area contributed by atoms with Gasteiger partial charge in [0.05, 0.1) is 6.42 Å². The van der Waals surface area contributed by atoms with Gasteiger partial charge in [-0.1, -0.05) is 11.6 Å². The van der Waals surface area contributed by atoms with Gasteiger partial charge in [-0.05, 0) is 48.9 Å². The molecule has 0 atom stereocenters. The third kappa shape index (κ3) is 5.71. The number of fused-ring (bicyclic) bond motifs is 1. The van der Waals surface area contributed by atoms with Gasteiger partial charge in [0.25, 0.3) is 5.91 Å². The average Bonchev–Trinajstić information content (AvgIpc) is 2.72. The SMILES string of the molecule is Cc1cc(Cl)ccc1NC(=O)COC(=O)CCC(=O)c1ccc2c(c1)OCCO2. The third-order valence-corrected chi connectivity index (χ3v) is 4.48. The molecule has 2 aromatic rings. The third-order valence-electron chi connectivity index (χ3n) is 4.25. The maximum absolute atomic E-state index is 12.3. The van der Waals surface area contributed by atoms with E-state index in [0.717, 1.165) is 5.56 Å². The van der Waals surface area contributed by atoms with E-state index >= 15 is 0 Å². The number of amides is 1. The molecular weight excluding hydrogens is 398 g/mol. The molecule has 8 heteroatoms. The van der Waals surface area contributed by atoms with Crippen LogP contribution in [0.25, 0.3) is 0 Å². The summed E-state index contributed by atoms with van der Waals surface area (Å²) in [6.45, 7) is 2.27. The fraction of sp³-hybridized carbons (Fsp3) is 0.286. The number of carbonyl (C=O) groups excluding carboxylic acids is 3. The summed E-state index contributed by atoms with van der Waals surface area (Å²) in [5, 5.41) is 3.21. The Kier molecular flexibility index (Phi) is 6.72. The van der Waals surface area contributed by atoms with Crippen molar-refractivity contribution in [3.8, 4) is 11.5 Å². The summed E-state index contributed by atoms with van der Waals surface area (Å²) in [5.41, 5.74) is 1.81. The topological polar surface area (TPSA) is 90.9 Å². The van der Waals surface area contributed by atoms with Gasteiger partial charge in [-0.15, -0.1) is 0 Å². The molecule has 0 saturated heterocycles. The van der Waals surface area contributed by atoms with Crippen LogP contribution < -0.4 is 14.8 Å². The van der Waals surface area contributed by atoms with Crippen LogP contribution in [0.2, 0.25) is 5.02 Å². The number of hydrogen-bond donors (Lipinski definition) is 1. The molecule has 29 heavy (non-hydrogen) atoms. The van der Waals surface area contributed by atoms with Crippen LogP contribution in [-0.2, 0) is 14.3 Å². The van der Waals surface area contributed by atoms with Crippen molar-refractivity contribution in [2.75, 3.05) is 25.1 Å². The Morgan fingerprint density at radius 3 is 2.55 bits per heavy atom. The Hall–Kier alpha value is -3.06. The zero-order chi connectivity index (χ0) is 20.8. The van der Waals surface area contributed by atoms with Crippen molar-refractivity contribution in [2.24, 2.45) is 0 Å². The van der Waals surface area contributed by atoms with Gasteiger partial charge in [-0.3, -0.25) is 14.4 Å². The van der Waals surface area contributed by atoms with Gasteiger partial charge < -0.3 is 19.5 Å². The van der Waals surface area contributed by atoms with Gasteiger partial charge in [-0.2, -0.15) is 0 Å². The first-order chi connectivity index (χ1) is 13.9. The fourth-order valence-corrected chi connectivity index (χ4v) is 2.98. The molecule has 3 rings (SSSR count). The zero-order valence-corrected chi connectivity index (χ0v) is 16.6. The number of esters is 1. The normalized spacial score (nSPS) is 12.2. The van der Waals surface area contributed by atoms with E-state index in [1.807, 2.05) is 0 Å². The molecule has 2 aromatic carbocycles. The number of ketones is 1. The van der Waals surface area contributed by atoms with Gasteiger partial charge in [0, 0.05) is 22.7 Å². The van der Waals surface area contributed by atoms with Gasteiger partial charge in [-0.25, -0.2) is 0 Å². The Morgan fingerprint density at radius 1 is 1.03 bits per heavy atom. The number of aryl methyl sites for hydroxylation is 1. The highest BCUT2D eigenvalue weighted by molar-refractivity contribution is 6.30. The summed E-state index contributed by atoms with van der Waals surface area (Å²) in [6.07, 6.45) is -0.156. The van der Waals surface area contributed by atoms with E-state index in [2.05, 4.69) is 5.32 Å². The maximum atomic E-state index is 12.3. The molecule has 0 radical (unpaired) electrons. The molecule has 0 saturated carbocycles. The summed E-state index contributed by atoms with van der Waals surface area (Å²) in [7, 11) is 0. The number of Topliss-reactive ketones (excluding diaryl/α,β-unsaturated/α-hetero) is 1. The van der Waals surface area contributed by atoms with Gasteiger partial charge in [0.2, 0.25) is 0 Å². The van der Waals surface area contributed by atoms with Crippen molar-refractivity contribution < 1.29 is 28.6 Å². The maximum Gasteiger partial charge on any atom is 0.306 e. The predicted molar refractivity (Wildman–Crippen MR) is 107 cm³/mol. The van der Waals surface area contributed by atoms with E-state index in [0.29, 0.717) is 41.0 Å². The minimum absolute atomic E-state index is 0.0314. The molecule has 1 aliphatic rings. The molecule has 0 spiro atoms. The lowest BCUT2D eigenvalue weighted by atomic mass is 10.1. The van der Waals surface area contributed by atoms with Crippen LogP contribution in [0, 0.1) is 6.92 Å². The summed E-state index contributed by atoms with van der Waals surface area (Å²) in [5.74, 6) is -0.214. The Labute approximate surface area is 172 Å². The second kappa shape index (κ2) is 9.43. The highest BCUT2D eigenvalue weighted by Crippen LogP contribution is 2.31. The van der Waals surface area contributed by atoms with E-state index in [9.17, 15) is 14.4 Å². The fourth-order valence-electron chi connectivity index (χ4n) is 2.75. The molecule has 0 aromatic heterocycles. The van der Waals surface area contributed by atoms with Gasteiger partial charge in [0.15, 0.2) is 23.9 Å². The lowest BCUT2D eigenvalue weighted by molar-refractivity contribution is -0.147. The van der Waals surface area contributed by atoms with E-state index in [1.165, 1.54) is 0 Å². The van der Waals surface area contributed by atoms with Crippen molar-refractivity contribution in [3.63, 3.8) is 0 Å². The van der Waals surface area contributed by atoms with E-state index in [4.69, 9.17) is 25.8 Å². The standard InChI is InChI=1S/C21H20ClNO6/c1-13-10-15(22)3-4-16(13)23-20(25)12-29-21(26)7-5-17(24)14-2-6-18-19(11-14)28-9-8-27-18/h2-4,6,10-11H,5,7-9,12H2,1H3,(H,23,25). The Bertz CT molecular complexity index is 943. The summed E-state index contributed by atoms with van der Waals surface area (Å²) >= 11 is 5.87. The number of rotatable bonds is 7. The summed E-state index contributed by atoms with van der Waals surface area (Å²) in [4.78, 5) is 36.1. The number of halogens is 1. The number of carbonyl (C=O) groups is 3. The summed E-state index contributed by atoms with van der Waals surface area (Å²) < 4.78 is 15.8. The number of hydrogen-bond acceptors (Lipinski definition) is 6. The minimum Gasteiger partial charge on any atom is -0.486 e.